The first kappa shape index (κ1) is 14.6. The zero-order valence-corrected chi connectivity index (χ0v) is 13.0. The molecule has 0 aliphatic heterocycles. The number of nitrogens with zero attached hydrogens (tertiary/aromatic N) is 3. The number of para-hydroxylation sites is 1. The van der Waals surface area contributed by atoms with Gasteiger partial charge in [-0.15, -0.1) is 0 Å². The van der Waals surface area contributed by atoms with Crippen molar-refractivity contribution >= 4 is 46.0 Å². The van der Waals surface area contributed by atoms with Crippen LogP contribution in [0, 0.1) is 6.92 Å². The highest BCUT2D eigenvalue weighted by molar-refractivity contribution is 6.38. The molecule has 6 nitrogen and oxygen atoms in total. The van der Waals surface area contributed by atoms with Crippen LogP contribution in [0.5, 0.6) is 0 Å². The van der Waals surface area contributed by atoms with Gasteiger partial charge in [0.25, 0.3) is 5.91 Å². The van der Waals surface area contributed by atoms with E-state index in [9.17, 15) is 4.79 Å². The number of carbonyl (C=O) groups is 1. The number of aryl methyl sites for hydroxylation is 1. The number of halogens is 2. The highest BCUT2D eigenvalue weighted by Crippen LogP contribution is 2.36. The molecule has 2 heterocycles. The highest BCUT2D eigenvalue weighted by atomic mass is 35.5. The molecule has 0 atom stereocenters. The smallest absolute Gasteiger partial charge is 0.253 e. The van der Waals surface area contributed by atoms with Gasteiger partial charge in [-0.25, -0.2) is 9.97 Å². The van der Waals surface area contributed by atoms with Crippen molar-refractivity contribution in [2.75, 3.05) is 5.73 Å². The number of carbonyl (C=O) groups excluding carboxylic acids is 1. The van der Waals surface area contributed by atoms with E-state index in [1.807, 2.05) is 0 Å². The summed E-state index contributed by atoms with van der Waals surface area (Å²) in [5.74, 6) is -0.0280. The Balaban J connectivity index is 2.51. The van der Waals surface area contributed by atoms with E-state index >= 15 is 0 Å². The first-order chi connectivity index (χ1) is 10.4. The van der Waals surface area contributed by atoms with Gasteiger partial charge in [-0.2, -0.15) is 0 Å². The van der Waals surface area contributed by atoms with Crippen LogP contribution >= 0.6 is 23.2 Å². The van der Waals surface area contributed by atoms with Crippen molar-refractivity contribution in [2.45, 2.75) is 6.92 Å². The van der Waals surface area contributed by atoms with Crippen molar-refractivity contribution in [1.82, 2.24) is 14.5 Å². The third-order valence-electron chi connectivity index (χ3n) is 3.27. The van der Waals surface area contributed by atoms with Gasteiger partial charge >= 0.3 is 0 Å². The second-order valence-corrected chi connectivity index (χ2v) is 5.50. The van der Waals surface area contributed by atoms with Crippen molar-refractivity contribution < 1.29 is 4.79 Å². The molecule has 0 saturated carbocycles. The summed E-state index contributed by atoms with van der Waals surface area (Å²) in [6, 6.07) is 5.06. The lowest BCUT2D eigenvalue weighted by Gasteiger charge is -2.11. The quantitative estimate of drug-likeness (QED) is 0.751. The summed E-state index contributed by atoms with van der Waals surface area (Å²) in [6.07, 6.45) is 1.51. The Kier molecular flexibility index (Phi) is 3.42. The topological polar surface area (TPSA) is 99.8 Å². The fourth-order valence-electron chi connectivity index (χ4n) is 2.36. The number of primary amides is 1. The maximum absolute atomic E-state index is 11.7. The first-order valence-corrected chi connectivity index (χ1v) is 7.05. The fourth-order valence-corrected chi connectivity index (χ4v) is 2.92. The van der Waals surface area contributed by atoms with Crippen LogP contribution in [0.25, 0.3) is 16.7 Å². The minimum Gasteiger partial charge on any atom is -0.384 e. The maximum atomic E-state index is 11.7. The summed E-state index contributed by atoms with van der Waals surface area (Å²) in [7, 11) is 0. The van der Waals surface area contributed by atoms with Crippen molar-refractivity contribution in [3.63, 3.8) is 0 Å². The average molecular weight is 336 g/mol. The number of nitrogen functional groups attached to an aromatic ring is 1. The van der Waals surface area contributed by atoms with Crippen molar-refractivity contribution in [3.05, 3.63) is 45.8 Å². The van der Waals surface area contributed by atoms with E-state index in [-0.39, 0.29) is 11.4 Å². The summed E-state index contributed by atoms with van der Waals surface area (Å²) >= 11 is 12.5. The minimum atomic E-state index is -0.670. The van der Waals surface area contributed by atoms with Crippen LogP contribution in [0.2, 0.25) is 10.0 Å². The van der Waals surface area contributed by atoms with Gasteiger partial charge in [0, 0.05) is 6.20 Å². The predicted molar refractivity (Wildman–Crippen MR) is 86.6 cm³/mol. The molecule has 0 bridgehead atoms. The Hall–Kier alpha value is -2.31. The van der Waals surface area contributed by atoms with E-state index in [2.05, 4.69) is 9.97 Å². The molecule has 2 aromatic heterocycles. The Morgan fingerprint density at radius 1 is 1.27 bits per heavy atom. The van der Waals surface area contributed by atoms with Crippen LogP contribution in [0.1, 0.15) is 16.2 Å². The molecule has 1 aromatic carbocycles. The van der Waals surface area contributed by atoms with E-state index < -0.39 is 5.91 Å². The third-order valence-corrected chi connectivity index (χ3v) is 3.88. The second kappa shape index (κ2) is 5.15. The number of nitrogens with two attached hydrogens (primary N) is 2. The molecule has 0 aliphatic carbocycles. The van der Waals surface area contributed by atoms with Crippen LogP contribution < -0.4 is 11.5 Å². The monoisotopic (exact) mass is 335 g/mol. The number of amides is 1. The maximum Gasteiger partial charge on any atom is 0.253 e. The number of anilines is 1. The molecule has 1 amide bonds. The summed E-state index contributed by atoms with van der Waals surface area (Å²) in [6.45, 7) is 1.73. The summed E-state index contributed by atoms with van der Waals surface area (Å²) < 4.78 is 1.52. The van der Waals surface area contributed by atoms with Crippen LogP contribution in [-0.2, 0) is 0 Å². The average Bonchev–Trinajstić information content (AvgIpc) is 2.71. The Bertz CT molecular complexity index is 899. The summed E-state index contributed by atoms with van der Waals surface area (Å²) in [5, 5.41) is 1.21. The van der Waals surface area contributed by atoms with Gasteiger partial charge in [0.2, 0.25) is 0 Å². The molecular formula is C14H11Cl2N5O. The first-order valence-electron chi connectivity index (χ1n) is 6.29. The second-order valence-electron chi connectivity index (χ2n) is 4.68. The van der Waals surface area contributed by atoms with Crippen molar-refractivity contribution in [1.29, 1.82) is 0 Å². The van der Waals surface area contributed by atoms with Gasteiger partial charge in [-0.3, -0.25) is 9.36 Å². The number of benzene rings is 1. The molecule has 0 unspecified atom stereocenters. The van der Waals surface area contributed by atoms with Crippen molar-refractivity contribution in [2.24, 2.45) is 5.73 Å². The van der Waals surface area contributed by atoms with Gasteiger partial charge in [0.15, 0.2) is 5.65 Å². The lowest BCUT2D eigenvalue weighted by Crippen LogP contribution is -2.13. The van der Waals surface area contributed by atoms with E-state index in [0.717, 1.165) is 0 Å². The van der Waals surface area contributed by atoms with E-state index in [1.54, 1.807) is 25.1 Å². The molecule has 4 N–H and O–H groups in total. The molecule has 3 rings (SSSR count). The van der Waals surface area contributed by atoms with E-state index in [1.165, 1.54) is 10.8 Å². The fraction of sp³-hybridized carbons (Fsp3) is 0.0714. The van der Waals surface area contributed by atoms with Crippen LogP contribution in [0.4, 0.5) is 5.82 Å². The number of fused-ring (bicyclic) bond motifs is 1. The molecule has 0 fully saturated rings. The van der Waals surface area contributed by atoms with Gasteiger partial charge in [-0.1, -0.05) is 29.3 Å². The molecular weight excluding hydrogens is 325 g/mol. The molecule has 0 radical (unpaired) electrons. The number of hydrogen-bond donors (Lipinski definition) is 2. The van der Waals surface area contributed by atoms with E-state index in [0.29, 0.717) is 32.6 Å². The zero-order valence-electron chi connectivity index (χ0n) is 11.5. The van der Waals surface area contributed by atoms with Gasteiger partial charge in [0.05, 0.1) is 26.7 Å². The number of aromatic nitrogens is 3. The van der Waals surface area contributed by atoms with Gasteiger partial charge < -0.3 is 11.5 Å². The lowest BCUT2D eigenvalue weighted by molar-refractivity contribution is 0.100. The van der Waals surface area contributed by atoms with Crippen LogP contribution in [0.15, 0.2) is 24.4 Å². The molecule has 8 heteroatoms. The molecule has 0 spiro atoms. The highest BCUT2D eigenvalue weighted by Gasteiger charge is 2.23. The van der Waals surface area contributed by atoms with E-state index in [4.69, 9.17) is 34.7 Å². The Labute approximate surface area is 135 Å². The molecule has 3 aromatic rings. The SMILES string of the molecule is Cc1ncc2c(C(N)=O)c(N)n(-c3c(Cl)cccc3Cl)c2n1. The lowest BCUT2D eigenvalue weighted by atomic mass is 10.2. The standard InChI is InChI=1S/C14H11Cl2N5O/c1-6-19-5-7-10(13(18)22)12(17)21(14(7)20-6)11-8(15)3-2-4-9(11)16/h2-5H,17H2,1H3,(H2,18,22). The molecule has 22 heavy (non-hydrogen) atoms. The normalized spacial score (nSPS) is 11.0. The Morgan fingerprint density at radius 2 is 1.91 bits per heavy atom. The zero-order chi connectivity index (χ0) is 16.0. The van der Waals surface area contributed by atoms with Gasteiger partial charge in [-0.05, 0) is 19.1 Å². The minimum absolute atomic E-state index is 0.123. The number of rotatable bonds is 2. The van der Waals surface area contributed by atoms with Crippen LogP contribution in [0.3, 0.4) is 0 Å². The molecule has 0 aliphatic rings. The summed E-state index contributed by atoms with van der Waals surface area (Å²) in [4.78, 5) is 20.2. The van der Waals surface area contributed by atoms with Crippen LogP contribution in [-0.4, -0.2) is 20.4 Å². The Morgan fingerprint density at radius 3 is 2.50 bits per heavy atom. The number of hydrogen-bond acceptors (Lipinski definition) is 4. The summed E-state index contributed by atoms with van der Waals surface area (Å²) in [5.41, 5.74) is 12.6. The largest absolute Gasteiger partial charge is 0.384 e. The molecule has 0 saturated heterocycles. The van der Waals surface area contributed by atoms with Gasteiger partial charge in [0.1, 0.15) is 11.6 Å². The third kappa shape index (κ3) is 2.08. The predicted octanol–water partition coefficient (Wildman–Crippen LogP) is 2.72. The van der Waals surface area contributed by atoms with Crippen molar-refractivity contribution in [3.8, 4) is 5.69 Å². The molecule has 112 valence electrons.